The first kappa shape index (κ1) is 21.1. The summed E-state index contributed by atoms with van der Waals surface area (Å²) < 4.78 is 0. The first-order chi connectivity index (χ1) is 14.7. The highest BCUT2D eigenvalue weighted by Crippen LogP contribution is 2.19. The molecule has 3 aromatic rings. The number of nitrogens with zero attached hydrogens (tertiary/aromatic N) is 3. The highest BCUT2D eigenvalue weighted by atomic mass is 16.3. The van der Waals surface area contributed by atoms with E-state index in [1.54, 1.807) is 6.08 Å². The first-order valence-corrected chi connectivity index (χ1v) is 9.65. The fraction of sp³-hybridized carbons (Fsp3) is 0.227. The van der Waals surface area contributed by atoms with Crippen LogP contribution < -0.4 is 5.43 Å². The normalized spacial score (nSPS) is 11.2. The summed E-state index contributed by atoms with van der Waals surface area (Å²) in [5, 5.41) is 6.56. The van der Waals surface area contributed by atoms with Crippen LogP contribution in [0.2, 0.25) is 0 Å². The second kappa shape index (κ2) is 10.8. The lowest BCUT2D eigenvalue weighted by molar-refractivity contribution is -0.116. The van der Waals surface area contributed by atoms with Crippen molar-refractivity contribution in [3.63, 3.8) is 0 Å². The lowest BCUT2D eigenvalue weighted by atomic mass is 10.1. The molecule has 0 saturated carbocycles. The SMILES string of the molecule is O=NCCN(CCc1c[nH]c2ccccc12)Cc1ccc(/C=C/C(=O)NN=O)cc1. The number of rotatable bonds is 11. The fourth-order valence-corrected chi connectivity index (χ4v) is 3.32. The number of fused-ring (bicyclic) bond motifs is 1. The van der Waals surface area contributed by atoms with Gasteiger partial charge in [0.15, 0.2) is 0 Å². The van der Waals surface area contributed by atoms with Crippen LogP contribution in [0, 0.1) is 9.81 Å². The molecule has 0 radical (unpaired) electrons. The third kappa shape index (κ3) is 5.92. The van der Waals surface area contributed by atoms with Crippen LogP contribution in [-0.4, -0.2) is 35.4 Å². The number of carbonyl (C=O) groups excluding carboxylic acids is 1. The molecule has 1 amide bonds. The van der Waals surface area contributed by atoms with Gasteiger partial charge in [-0.05, 0) is 35.3 Å². The maximum absolute atomic E-state index is 11.2. The number of H-pyrrole nitrogens is 1. The van der Waals surface area contributed by atoms with E-state index in [9.17, 15) is 14.6 Å². The van der Waals surface area contributed by atoms with E-state index in [1.807, 2.05) is 48.0 Å². The van der Waals surface area contributed by atoms with Crippen molar-refractivity contribution in [3.8, 4) is 0 Å². The fourth-order valence-electron chi connectivity index (χ4n) is 3.32. The van der Waals surface area contributed by atoms with E-state index in [0.717, 1.165) is 29.6 Å². The summed E-state index contributed by atoms with van der Waals surface area (Å²) in [6.07, 6.45) is 5.76. The number of aromatic amines is 1. The molecule has 0 unspecified atom stereocenters. The van der Waals surface area contributed by atoms with Crippen LogP contribution in [0.25, 0.3) is 17.0 Å². The minimum absolute atomic E-state index is 0.245. The van der Waals surface area contributed by atoms with Gasteiger partial charge >= 0.3 is 0 Å². The average Bonchev–Trinajstić information content (AvgIpc) is 3.18. The minimum Gasteiger partial charge on any atom is -0.361 e. The molecule has 1 heterocycles. The lowest BCUT2D eigenvalue weighted by Crippen LogP contribution is -2.28. The number of amides is 1. The molecule has 0 aliphatic carbocycles. The van der Waals surface area contributed by atoms with Gasteiger partial charge in [0.2, 0.25) is 0 Å². The van der Waals surface area contributed by atoms with Gasteiger partial charge in [-0.3, -0.25) is 9.69 Å². The van der Waals surface area contributed by atoms with Gasteiger partial charge in [-0.25, -0.2) is 5.43 Å². The van der Waals surface area contributed by atoms with Crippen LogP contribution in [0.15, 0.2) is 71.3 Å². The molecule has 1 aromatic heterocycles. The summed E-state index contributed by atoms with van der Waals surface area (Å²) in [4.78, 5) is 37.4. The summed E-state index contributed by atoms with van der Waals surface area (Å²) in [6.45, 7) is 2.33. The summed E-state index contributed by atoms with van der Waals surface area (Å²) in [5.74, 6) is -0.570. The number of hydrogen-bond donors (Lipinski definition) is 2. The van der Waals surface area contributed by atoms with Gasteiger partial charge in [0, 0.05) is 42.8 Å². The van der Waals surface area contributed by atoms with E-state index in [0.29, 0.717) is 13.1 Å². The quantitative estimate of drug-likeness (QED) is 0.287. The number of para-hydroxylation sites is 1. The molecule has 3 rings (SSSR count). The Kier molecular flexibility index (Phi) is 7.57. The third-order valence-electron chi connectivity index (χ3n) is 4.85. The summed E-state index contributed by atoms with van der Waals surface area (Å²) in [5.41, 5.74) is 6.10. The van der Waals surface area contributed by atoms with Crippen LogP contribution in [0.1, 0.15) is 16.7 Å². The smallest absolute Gasteiger partial charge is 0.266 e. The van der Waals surface area contributed by atoms with Crippen molar-refractivity contribution in [2.75, 3.05) is 19.6 Å². The van der Waals surface area contributed by atoms with Crippen molar-refractivity contribution in [1.82, 2.24) is 15.3 Å². The van der Waals surface area contributed by atoms with Gasteiger partial charge in [0.1, 0.15) is 0 Å². The molecule has 8 nitrogen and oxygen atoms in total. The summed E-state index contributed by atoms with van der Waals surface area (Å²) in [7, 11) is 0. The van der Waals surface area contributed by atoms with E-state index < -0.39 is 5.91 Å². The predicted octanol–water partition coefficient (Wildman–Crippen LogP) is 3.79. The molecule has 2 aromatic carbocycles. The summed E-state index contributed by atoms with van der Waals surface area (Å²) in [6, 6.07) is 15.9. The molecule has 154 valence electrons. The van der Waals surface area contributed by atoms with E-state index in [1.165, 1.54) is 17.0 Å². The number of nitrogens with one attached hydrogen (secondary N) is 2. The number of hydrogen-bond acceptors (Lipinski definition) is 6. The molecule has 30 heavy (non-hydrogen) atoms. The molecule has 0 saturated heterocycles. The number of nitroso groups, excluding NO2 is 2. The molecule has 0 aliphatic heterocycles. The van der Waals surface area contributed by atoms with Crippen LogP contribution in [0.3, 0.4) is 0 Å². The molecule has 0 aliphatic rings. The Hall–Kier alpha value is -3.65. The second-order valence-corrected chi connectivity index (χ2v) is 6.88. The maximum Gasteiger partial charge on any atom is 0.266 e. The van der Waals surface area contributed by atoms with Crippen molar-refractivity contribution < 1.29 is 4.79 Å². The van der Waals surface area contributed by atoms with Crippen molar-refractivity contribution in [2.45, 2.75) is 13.0 Å². The van der Waals surface area contributed by atoms with Gasteiger partial charge in [0.05, 0.1) is 11.8 Å². The van der Waals surface area contributed by atoms with E-state index in [4.69, 9.17) is 0 Å². The van der Waals surface area contributed by atoms with Crippen molar-refractivity contribution in [2.24, 2.45) is 10.5 Å². The van der Waals surface area contributed by atoms with E-state index in [2.05, 4.69) is 32.5 Å². The van der Waals surface area contributed by atoms with Crippen LogP contribution in [0.4, 0.5) is 0 Å². The molecule has 0 spiro atoms. The zero-order valence-electron chi connectivity index (χ0n) is 16.5. The molecule has 0 fully saturated rings. The van der Waals surface area contributed by atoms with Crippen LogP contribution in [0.5, 0.6) is 0 Å². The van der Waals surface area contributed by atoms with E-state index >= 15 is 0 Å². The van der Waals surface area contributed by atoms with Gasteiger partial charge in [-0.15, -0.1) is 4.91 Å². The maximum atomic E-state index is 11.2. The zero-order chi connectivity index (χ0) is 21.2. The molecule has 0 bridgehead atoms. The largest absolute Gasteiger partial charge is 0.361 e. The van der Waals surface area contributed by atoms with Gasteiger partial charge < -0.3 is 4.98 Å². The number of benzene rings is 2. The third-order valence-corrected chi connectivity index (χ3v) is 4.85. The molecule has 0 atom stereocenters. The monoisotopic (exact) mass is 405 g/mol. The molecular weight excluding hydrogens is 382 g/mol. The first-order valence-electron chi connectivity index (χ1n) is 9.65. The van der Waals surface area contributed by atoms with Crippen LogP contribution >= 0.6 is 0 Å². The Labute approximate surface area is 173 Å². The molecule has 8 heteroatoms. The Morgan fingerprint density at radius 1 is 1.07 bits per heavy atom. The van der Waals surface area contributed by atoms with Crippen LogP contribution in [-0.2, 0) is 17.8 Å². The van der Waals surface area contributed by atoms with Gasteiger partial charge in [0.25, 0.3) is 5.91 Å². The van der Waals surface area contributed by atoms with Crippen molar-refractivity contribution >= 4 is 22.9 Å². The second-order valence-electron chi connectivity index (χ2n) is 6.88. The van der Waals surface area contributed by atoms with Crippen molar-refractivity contribution in [1.29, 1.82) is 0 Å². The Bertz CT molecular complexity index is 1030. The molecule has 2 N–H and O–H groups in total. The Morgan fingerprint density at radius 3 is 2.63 bits per heavy atom. The zero-order valence-corrected chi connectivity index (χ0v) is 16.5. The standard InChI is InChI=1S/C22H23N5O3/c28-22(25-26-30)10-9-17-5-7-18(8-6-17)16-27(14-12-24-29)13-11-19-15-23-21-4-2-1-3-20(19)21/h1-10,15,23H,11-14,16H2,(H,25,28,30)/b10-9+. The lowest BCUT2D eigenvalue weighted by Gasteiger charge is -2.21. The highest BCUT2D eigenvalue weighted by molar-refractivity contribution is 5.91. The van der Waals surface area contributed by atoms with Gasteiger partial charge in [-0.1, -0.05) is 47.6 Å². The predicted molar refractivity (Wildman–Crippen MR) is 117 cm³/mol. The topological polar surface area (TPSA) is 107 Å². The Balaban J connectivity index is 1.62. The average molecular weight is 405 g/mol. The van der Waals surface area contributed by atoms with Crippen molar-refractivity contribution in [3.05, 3.63) is 87.3 Å². The number of aromatic nitrogens is 1. The Morgan fingerprint density at radius 2 is 1.87 bits per heavy atom. The van der Waals surface area contributed by atoms with Gasteiger partial charge in [-0.2, -0.15) is 4.91 Å². The minimum atomic E-state index is -0.570. The number of carbonyl (C=O) groups is 1. The molecular formula is C22H23N5O3. The summed E-state index contributed by atoms with van der Waals surface area (Å²) >= 11 is 0. The highest BCUT2D eigenvalue weighted by Gasteiger charge is 2.09. The van der Waals surface area contributed by atoms with E-state index in [-0.39, 0.29) is 6.54 Å².